The average Bonchev–Trinajstić information content (AvgIpc) is 3.12. The zero-order valence-corrected chi connectivity index (χ0v) is 19.3. The summed E-state index contributed by atoms with van der Waals surface area (Å²) in [5.41, 5.74) is -2.71. The first-order valence-electron chi connectivity index (χ1n) is 9.74. The smallest absolute Gasteiger partial charge is 0.471 e. The van der Waals surface area contributed by atoms with Gasteiger partial charge >= 0.3 is 12.1 Å². The summed E-state index contributed by atoms with van der Waals surface area (Å²) in [4.78, 5) is 18.1. The number of nitrogens with one attached hydrogen (secondary N) is 1. The van der Waals surface area contributed by atoms with Gasteiger partial charge in [0, 0.05) is 18.8 Å². The normalized spacial score (nSPS) is 21.8. The zero-order valence-electron chi connectivity index (χ0n) is 17.8. The van der Waals surface area contributed by atoms with E-state index in [9.17, 15) is 35.9 Å². The van der Waals surface area contributed by atoms with Crippen LogP contribution in [-0.4, -0.2) is 65.7 Å². The van der Waals surface area contributed by atoms with Gasteiger partial charge in [-0.15, -0.1) is 0 Å². The first kappa shape index (κ1) is 26.6. The van der Waals surface area contributed by atoms with Gasteiger partial charge in [0.05, 0.1) is 24.2 Å². The van der Waals surface area contributed by atoms with E-state index in [1.807, 2.05) is 0 Å². The molecule has 0 spiro atoms. The van der Waals surface area contributed by atoms with Crippen molar-refractivity contribution in [1.82, 2.24) is 14.6 Å². The highest BCUT2D eigenvalue weighted by atomic mass is 35.5. The third-order valence-electron chi connectivity index (χ3n) is 5.33. The number of sulfonamides is 1. The number of β-amino-alcohol motifs (C(OH)–C–C–N with tert-alkyl or cyclic N) is 1. The summed E-state index contributed by atoms with van der Waals surface area (Å²) in [6.45, 7) is 6.56. The van der Waals surface area contributed by atoms with E-state index < -0.39 is 63.8 Å². The van der Waals surface area contributed by atoms with Crippen molar-refractivity contribution in [3.05, 3.63) is 58.8 Å². The van der Waals surface area contributed by atoms with Crippen molar-refractivity contribution in [2.45, 2.75) is 35.9 Å². The van der Waals surface area contributed by atoms with Crippen LogP contribution in [0.2, 0.25) is 5.02 Å². The SMILES string of the molecule is [C-]#[N+]c1ccc(O[C@H]2CN(S(=O)(=O)c3ccc(Cl)cn3)C[C@@]2(O)[C@H](C)NC(=O)C(F)(F)F)cc1F. The van der Waals surface area contributed by atoms with Crippen molar-refractivity contribution >= 4 is 33.2 Å². The maximum atomic E-state index is 14.0. The van der Waals surface area contributed by atoms with E-state index in [1.54, 1.807) is 5.32 Å². The number of carbonyl (C=O) groups is 1. The van der Waals surface area contributed by atoms with Crippen LogP contribution in [0.1, 0.15) is 6.92 Å². The Morgan fingerprint density at radius 1 is 1.40 bits per heavy atom. The Bertz CT molecular complexity index is 1270. The van der Waals surface area contributed by atoms with Gasteiger partial charge in [-0.25, -0.2) is 22.6 Å². The highest BCUT2D eigenvalue weighted by Crippen LogP contribution is 2.34. The number of aromatic nitrogens is 1. The number of ether oxygens (including phenoxy) is 1. The van der Waals surface area contributed by atoms with Gasteiger partial charge in [-0.05, 0) is 31.2 Å². The molecule has 15 heteroatoms. The molecule has 3 atom stereocenters. The minimum atomic E-state index is -5.27. The van der Waals surface area contributed by atoms with Gasteiger partial charge in [-0.2, -0.15) is 17.5 Å². The number of rotatable bonds is 6. The molecule has 35 heavy (non-hydrogen) atoms. The standard InChI is InChI=1S/C20H17ClF4N4O5S/c1-11(28-18(30)20(23,24)25)19(31)10-29(35(32,33)17-6-3-12(21)8-27-17)9-16(19)34-13-4-5-15(26-2)14(22)7-13/h3-8,11,16,31H,9-10H2,1H3,(H,28,30)/t11-,16-,19+/m0/s1. The monoisotopic (exact) mass is 536 g/mol. The molecule has 9 nitrogen and oxygen atoms in total. The molecule has 1 amide bonds. The fraction of sp³-hybridized carbons (Fsp3) is 0.350. The first-order valence-corrected chi connectivity index (χ1v) is 11.6. The Morgan fingerprint density at radius 3 is 2.63 bits per heavy atom. The Labute approximate surface area is 202 Å². The lowest BCUT2D eigenvalue weighted by Gasteiger charge is -2.35. The number of hydrogen-bond donors (Lipinski definition) is 2. The third kappa shape index (κ3) is 5.48. The summed E-state index contributed by atoms with van der Waals surface area (Å²) in [6, 6.07) is 3.75. The van der Waals surface area contributed by atoms with Gasteiger partial charge in [0.1, 0.15) is 23.3 Å². The molecular weight excluding hydrogens is 520 g/mol. The lowest BCUT2D eigenvalue weighted by atomic mass is 9.91. The van der Waals surface area contributed by atoms with Crippen molar-refractivity contribution in [1.29, 1.82) is 0 Å². The maximum Gasteiger partial charge on any atom is 0.471 e. The summed E-state index contributed by atoms with van der Waals surface area (Å²) in [5, 5.41) is 12.6. The van der Waals surface area contributed by atoms with E-state index in [-0.39, 0.29) is 16.5 Å². The molecular formula is C20H17ClF4N4O5S. The van der Waals surface area contributed by atoms with Crippen LogP contribution in [0.5, 0.6) is 5.75 Å². The van der Waals surface area contributed by atoms with Gasteiger partial charge < -0.3 is 15.2 Å². The van der Waals surface area contributed by atoms with E-state index >= 15 is 0 Å². The Hall–Kier alpha value is -2.99. The Morgan fingerprint density at radius 2 is 2.09 bits per heavy atom. The van der Waals surface area contributed by atoms with Gasteiger partial charge in [-0.3, -0.25) is 4.79 Å². The number of aliphatic hydroxyl groups is 1. The van der Waals surface area contributed by atoms with Gasteiger partial charge in [0.2, 0.25) is 5.69 Å². The predicted octanol–water partition coefficient (Wildman–Crippen LogP) is 2.67. The highest BCUT2D eigenvalue weighted by molar-refractivity contribution is 7.89. The second-order valence-corrected chi connectivity index (χ2v) is 9.95. The molecule has 1 aliphatic rings. The van der Waals surface area contributed by atoms with Crippen LogP contribution < -0.4 is 10.1 Å². The van der Waals surface area contributed by atoms with Crippen molar-refractivity contribution in [3.63, 3.8) is 0 Å². The number of benzene rings is 1. The van der Waals surface area contributed by atoms with Crippen LogP contribution in [0.15, 0.2) is 41.6 Å². The quantitative estimate of drug-likeness (QED) is 0.433. The van der Waals surface area contributed by atoms with E-state index in [0.717, 1.165) is 31.3 Å². The fourth-order valence-corrected chi connectivity index (χ4v) is 4.91. The number of amides is 1. The van der Waals surface area contributed by atoms with Gasteiger partial charge in [0.15, 0.2) is 5.03 Å². The molecule has 0 saturated carbocycles. The van der Waals surface area contributed by atoms with Crippen LogP contribution in [0.3, 0.4) is 0 Å². The Kier molecular flexibility index (Phi) is 7.28. The number of halogens is 5. The largest absolute Gasteiger partial charge is 0.486 e. The molecule has 0 radical (unpaired) electrons. The molecule has 2 N–H and O–H groups in total. The van der Waals surface area contributed by atoms with Crippen molar-refractivity contribution < 1.29 is 40.6 Å². The highest BCUT2D eigenvalue weighted by Gasteiger charge is 2.55. The first-order chi connectivity index (χ1) is 16.2. The summed E-state index contributed by atoms with van der Waals surface area (Å²) in [5.74, 6) is -3.55. The lowest BCUT2D eigenvalue weighted by molar-refractivity contribution is -0.176. The van der Waals surface area contributed by atoms with Crippen molar-refractivity contribution in [3.8, 4) is 5.75 Å². The van der Waals surface area contributed by atoms with Crippen LogP contribution >= 0.6 is 11.6 Å². The summed E-state index contributed by atoms with van der Waals surface area (Å²) in [7, 11) is -4.39. The van der Waals surface area contributed by atoms with Crippen LogP contribution in [0.4, 0.5) is 23.2 Å². The molecule has 2 aromatic rings. The lowest BCUT2D eigenvalue weighted by Crippen LogP contribution is -2.61. The van der Waals surface area contributed by atoms with E-state index in [1.165, 1.54) is 12.1 Å². The van der Waals surface area contributed by atoms with Gasteiger partial charge in [0.25, 0.3) is 10.0 Å². The van der Waals surface area contributed by atoms with Crippen LogP contribution in [0.25, 0.3) is 4.85 Å². The molecule has 1 aliphatic heterocycles. The molecule has 1 aromatic carbocycles. The number of pyridine rings is 1. The molecule has 0 bridgehead atoms. The summed E-state index contributed by atoms with van der Waals surface area (Å²) >= 11 is 5.73. The van der Waals surface area contributed by atoms with Crippen LogP contribution in [-0.2, 0) is 14.8 Å². The molecule has 1 aromatic heterocycles. The minimum absolute atomic E-state index is 0.149. The number of hydrogen-bond acceptors (Lipinski definition) is 6. The van der Waals surface area contributed by atoms with E-state index in [2.05, 4.69) is 9.83 Å². The topological polar surface area (TPSA) is 113 Å². The number of nitrogens with zero attached hydrogens (tertiary/aromatic N) is 3. The van der Waals surface area contributed by atoms with Crippen molar-refractivity contribution in [2.75, 3.05) is 13.1 Å². The maximum absolute atomic E-state index is 14.0. The van der Waals surface area contributed by atoms with Gasteiger partial charge in [-0.1, -0.05) is 11.6 Å². The minimum Gasteiger partial charge on any atom is -0.486 e. The molecule has 0 unspecified atom stereocenters. The van der Waals surface area contributed by atoms with Crippen LogP contribution in [0, 0.1) is 12.4 Å². The summed E-state index contributed by atoms with van der Waals surface area (Å²) < 4.78 is 84.8. The molecule has 3 rings (SSSR count). The van der Waals surface area contributed by atoms with E-state index in [4.69, 9.17) is 22.9 Å². The molecule has 1 fully saturated rings. The van der Waals surface area contributed by atoms with E-state index in [0.29, 0.717) is 4.31 Å². The third-order valence-corrected chi connectivity index (χ3v) is 7.29. The van der Waals surface area contributed by atoms with Crippen molar-refractivity contribution in [2.24, 2.45) is 0 Å². The molecule has 188 valence electrons. The molecule has 1 saturated heterocycles. The Balaban J connectivity index is 1.97. The second kappa shape index (κ2) is 9.57. The molecule has 0 aliphatic carbocycles. The number of alkyl halides is 3. The molecule has 2 heterocycles. The number of carbonyl (C=O) groups excluding carboxylic acids is 1. The predicted molar refractivity (Wildman–Crippen MR) is 114 cm³/mol. The summed E-state index contributed by atoms with van der Waals surface area (Å²) in [6.07, 6.45) is -5.75. The average molecular weight is 537 g/mol. The fourth-order valence-electron chi connectivity index (χ4n) is 3.40. The zero-order chi connectivity index (χ0) is 26.2. The second-order valence-electron chi connectivity index (χ2n) is 7.63.